The van der Waals surface area contributed by atoms with E-state index >= 15 is 0 Å². The monoisotopic (exact) mass is 173 g/mol. The molecule has 0 fully saturated rings. The molecular formula is C6H10FN4O. The molecule has 67 valence electrons. The molecule has 1 heterocycles. The lowest BCUT2D eigenvalue weighted by Crippen LogP contribution is -2.45. The number of ether oxygens (including phenoxy) is 1. The van der Waals surface area contributed by atoms with Crippen LogP contribution in [0.25, 0.3) is 0 Å². The van der Waals surface area contributed by atoms with Crippen molar-refractivity contribution in [2.75, 3.05) is 20.3 Å². The molecule has 0 aromatic carbocycles. The average Bonchev–Trinajstić information content (AvgIpc) is 2.05. The van der Waals surface area contributed by atoms with Crippen LogP contribution in [0.15, 0.2) is 11.2 Å². The van der Waals surface area contributed by atoms with Gasteiger partial charge in [0.2, 0.25) is 5.97 Å². The molecule has 1 radical (unpaired) electrons. The van der Waals surface area contributed by atoms with E-state index in [1.165, 1.54) is 0 Å². The van der Waals surface area contributed by atoms with E-state index in [1.54, 1.807) is 7.11 Å². The second-order valence-electron chi connectivity index (χ2n) is 2.04. The van der Waals surface area contributed by atoms with E-state index in [1.807, 2.05) is 0 Å². The van der Waals surface area contributed by atoms with Crippen molar-refractivity contribution in [2.45, 2.75) is 0 Å². The predicted octanol–water partition coefficient (Wildman–Crippen LogP) is -0.443. The molecule has 0 aromatic rings. The summed E-state index contributed by atoms with van der Waals surface area (Å²) in [4.78, 5) is 0. The zero-order valence-corrected chi connectivity index (χ0v) is 6.67. The molecule has 0 aromatic heterocycles. The summed E-state index contributed by atoms with van der Waals surface area (Å²) in [6, 6.07) is 0. The van der Waals surface area contributed by atoms with Crippen LogP contribution in [0, 0.1) is 6.20 Å². The molecule has 1 aliphatic rings. The van der Waals surface area contributed by atoms with Crippen LogP contribution in [0.3, 0.4) is 0 Å². The average molecular weight is 173 g/mol. The fraction of sp³-hybridized carbons (Fsp3) is 0.500. The lowest BCUT2D eigenvalue weighted by Gasteiger charge is -2.20. The first-order valence-electron chi connectivity index (χ1n) is 3.44. The lowest BCUT2D eigenvalue weighted by molar-refractivity contribution is 0.108. The van der Waals surface area contributed by atoms with Crippen molar-refractivity contribution in [1.82, 2.24) is 16.1 Å². The molecule has 0 unspecified atom stereocenters. The maximum atomic E-state index is 12.4. The SMILES string of the molecule is COCCNN1N=C(F)C=[C]N1. The first-order valence-corrected chi connectivity index (χ1v) is 3.44. The summed E-state index contributed by atoms with van der Waals surface area (Å²) in [5, 5.41) is 4.57. The van der Waals surface area contributed by atoms with Gasteiger partial charge in [0, 0.05) is 19.7 Å². The highest BCUT2D eigenvalue weighted by molar-refractivity contribution is 5.85. The zero-order chi connectivity index (χ0) is 8.81. The number of nitrogens with one attached hydrogen (secondary N) is 2. The van der Waals surface area contributed by atoms with Crippen molar-refractivity contribution >= 4 is 5.97 Å². The molecule has 0 saturated heterocycles. The normalized spacial score (nSPS) is 15.8. The molecule has 5 nitrogen and oxygen atoms in total. The Hall–Kier alpha value is -1.14. The highest BCUT2D eigenvalue weighted by Gasteiger charge is 2.03. The van der Waals surface area contributed by atoms with Crippen molar-refractivity contribution in [3.8, 4) is 0 Å². The van der Waals surface area contributed by atoms with Crippen LogP contribution in [0.4, 0.5) is 4.39 Å². The van der Waals surface area contributed by atoms with E-state index in [2.05, 4.69) is 22.2 Å². The van der Waals surface area contributed by atoms with Gasteiger partial charge in [-0.1, -0.05) is 0 Å². The minimum Gasteiger partial charge on any atom is -0.383 e. The number of halogens is 1. The summed E-state index contributed by atoms with van der Waals surface area (Å²) < 4.78 is 17.2. The molecular weight excluding hydrogens is 163 g/mol. The molecule has 1 aliphatic heterocycles. The quantitative estimate of drug-likeness (QED) is 0.566. The number of hydrazine groups is 2. The van der Waals surface area contributed by atoms with Crippen molar-refractivity contribution in [3.63, 3.8) is 0 Å². The van der Waals surface area contributed by atoms with Gasteiger partial charge in [-0.05, 0) is 0 Å². The molecule has 1 rings (SSSR count). The van der Waals surface area contributed by atoms with Crippen molar-refractivity contribution < 1.29 is 9.13 Å². The van der Waals surface area contributed by atoms with Gasteiger partial charge in [-0.15, -0.1) is 10.3 Å². The molecule has 6 heteroatoms. The third-order valence-electron chi connectivity index (χ3n) is 1.13. The van der Waals surface area contributed by atoms with Gasteiger partial charge in [0.05, 0.1) is 12.8 Å². The summed E-state index contributed by atoms with van der Waals surface area (Å²) in [7, 11) is 1.58. The Morgan fingerprint density at radius 1 is 1.92 bits per heavy atom. The van der Waals surface area contributed by atoms with E-state index in [4.69, 9.17) is 4.74 Å². The van der Waals surface area contributed by atoms with Gasteiger partial charge in [-0.25, -0.2) is 0 Å². The third-order valence-corrected chi connectivity index (χ3v) is 1.13. The van der Waals surface area contributed by atoms with Gasteiger partial charge in [0.25, 0.3) is 0 Å². The van der Waals surface area contributed by atoms with E-state index < -0.39 is 5.97 Å². The first-order chi connectivity index (χ1) is 5.83. The molecule has 0 bridgehead atoms. The van der Waals surface area contributed by atoms with Crippen LogP contribution in [-0.4, -0.2) is 31.5 Å². The number of nitrogens with zero attached hydrogens (tertiary/aromatic N) is 2. The van der Waals surface area contributed by atoms with Gasteiger partial charge in [0.1, 0.15) is 0 Å². The molecule has 2 N–H and O–H groups in total. The van der Waals surface area contributed by atoms with E-state index in [0.717, 1.165) is 11.3 Å². The van der Waals surface area contributed by atoms with Crippen LogP contribution < -0.4 is 10.9 Å². The fourth-order valence-electron chi connectivity index (χ4n) is 0.631. The maximum absolute atomic E-state index is 12.4. The summed E-state index contributed by atoms with van der Waals surface area (Å²) in [5.74, 6) is -0.598. The smallest absolute Gasteiger partial charge is 0.236 e. The molecule has 0 aliphatic carbocycles. The molecule has 0 saturated carbocycles. The van der Waals surface area contributed by atoms with Gasteiger partial charge in [-0.2, -0.15) is 9.82 Å². The van der Waals surface area contributed by atoms with E-state index in [0.29, 0.717) is 13.2 Å². The Balaban J connectivity index is 2.21. The van der Waals surface area contributed by atoms with Crippen molar-refractivity contribution in [1.29, 1.82) is 0 Å². The molecule has 12 heavy (non-hydrogen) atoms. The summed E-state index contributed by atoms with van der Waals surface area (Å²) in [5.41, 5.74) is 5.28. The Morgan fingerprint density at radius 2 is 2.75 bits per heavy atom. The largest absolute Gasteiger partial charge is 0.383 e. The number of allylic oxidation sites excluding steroid dienone is 1. The third kappa shape index (κ3) is 2.85. The van der Waals surface area contributed by atoms with Crippen molar-refractivity contribution in [3.05, 3.63) is 12.3 Å². The van der Waals surface area contributed by atoms with Crippen LogP contribution >= 0.6 is 0 Å². The van der Waals surface area contributed by atoms with Crippen LogP contribution in [0.1, 0.15) is 0 Å². The summed E-state index contributed by atoms with van der Waals surface area (Å²) in [6.45, 7) is 1.07. The van der Waals surface area contributed by atoms with E-state index in [9.17, 15) is 4.39 Å². The maximum Gasteiger partial charge on any atom is 0.236 e. The first kappa shape index (κ1) is 8.95. The molecule has 0 amide bonds. The number of methoxy groups -OCH3 is 1. The summed E-state index contributed by atoms with van der Waals surface area (Å²) >= 11 is 0. The zero-order valence-electron chi connectivity index (χ0n) is 6.67. The Labute approximate surface area is 69.8 Å². The number of hydrogen-bond acceptors (Lipinski definition) is 5. The minimum absolute atomic E-state index is 0.527. The highest BCUT2D eigenvalue weighted by Crippen LogP contribution is 1.91. The summed E-state index contributed by atoms with van der Waals surface area (Å²) in [6.07, 6.45) is 3.56. The highest BCUT2D eigenvalue weighted by atomic mass is 19.1. The van der Waals surface area contributed by atoms with Crippen LogP contribution in [-0.2, 0) is 4.74 Å². The van der Waals surface area contributed by atoms with Gasteiger partial charge < -0.3 is 4.74 Å². The number of hydrogen-bond donors (Lipinski definition) is 2. The Bertz CT molecular complexity index is 194. The second kappa shape index (κ2) is 4.68. The topological polar surface area (TPSA) is 48.9 Å². The van der Waals surface area contributed by atoms with Crippen LogP contribution in [0.5, 0.6) is 0 Å². The predicted molar refractivity (Wildman–Crippen MR) is 41.2 cm³/mol. The number of hydrazone groups is 1. The molecule has 0 atom stereocenters. The Morgan fingerprint density at radius 3 is 3.42 bits per heavy atom. The number of rotatable bonds is 4. The fourth-order valence-corrected chi connectivity index (χ4v) is 0.631. The lowest BCUT2D eigenvalue weighted by atomic mass is 10.6. The Kier molecular flexibility index (Phi) is 3.49. The van der Waals surface area contributed by atoms with E-state index in [-0.39, 0.29) is 0 Å². The molecule has 0 spiro atoms. The minimum atomic E-state index is -0.598. The van der Waals surface area contributed by atoms with Crippen molar-refractivity contribution in [2.24, 2.45) is 5.10 Å². The van der Waals surface area contributed by atoms with Gasteiger partial charge >= 0.3 is 0 Å². The van der Waals surface area contributed by atoms with Gasteiger partial charge in [-0.3, -0.25) is 5.43 Å². The second-order valence-corrected chi connectivity index (χ2v) is 2.04. The standard InChI is InChI=1S/C6H10FN4O/c1-12-5-4-9-11-8-3-2-6(7)10-11/h2,8-9H,4-5H2,1H3. The van der Waals surface area contributed by atoms with Gasteiger partial charge in [0.15, 0.2) is 0 Å². The van der Waals surface area contributed by atoms with Crippen LogP contribution in [0.2, 0.25) is 0 Å².